The lowest BCUT2D eigenvalue weighted by Crippen LogP contribution is -2.40. The Morgan fingerprint density at radius 2 is 2.04 bits per heavy atom. The van der Waals surface area contributed by atoms with Crippen LogP contribution in [0.5, 0.6) is 5.75 Å². The van der Waals surface area contributed by atoms with Crippen molar-refractivity contribution in [1.29, 1.82) is 0 Å². The van der Waals surface area contributed by atoms with E-state index >= 15 is 0 Å². The van der Waals surface area contributed by atoms with E-state index in [2.05, 4.69) is 35.0 Å². The molecule has 1 aromatic carbocycles. The van der Waals surface area contributed by atoms with Gasteiger partial charge in [0, 0.05) is 35.9 Å². The van der Waals surface area contributed by atoms with Crippen molar-refractivity contribution in [3.8, 4) is 16.9 Å². The Kier molecular flexibility index (Phi) is 4.25. The number of ether oxygens (including phenoxy) is 1. The second kappa shape index (κ2) is 6.45. The molecule has 26 heavy (non-hydrogen) atoms. The van der Waals surface area contributed by atoms with Crippen LogP contribution < -0.4 is 9.64 Å². The first-order valence-electron chi connectivity index (χ1n) is 9.62. The Bertz CT molecular complexity index is 836. The lowest BCUT2D eigenvalue weighted by Gasteiger charge is -2.36. The van der Waals surface area contributed by atoms with E-state index < -0.39 is 0 Å². The van der Waals surface area contributed by atoms with Gasteiger partial charge in [0.15, 0.2) is 0 Å². The molecule has 1 aliphatic carbocycles. The normalized spacial score (nSPS) is 19.6. The fourth-order valence-electron chi connectivity index (χ4n) is 3.90. The highest BCUT2D eigenvalue weighted by molar-refractivity contribution is 5.95. The fourth-order valence-corrected chi connectivity index (χ4v) is 3.90. The zero-order valence-corrected chi connectivity index (χ0v) is 16.0. The van der Waals surface area contributed by atoms with E-state index in [1.54, 1.807) is 6.92 Å². The molecule has 1 atom stereocenters. The van der Waals surface area contributed by atoms with Gasteiger partial charge in [-0.25, -0.2) is 0 Å². The molecular formula is C21H27N3O2. The highest BCUT2D eigenvalue weighted by atomic mass is 16.5. The minimum Gasteiger partial charge on any atom is -0.490 e. The molecule has 2 heterocycles. The van der Waals surface area contributed by atoms with Crippen molar-refractivity contribution in [2.75, 3.05) is 4.90 Å². The van der Waals surface area contributed by atoms with Gasteiger partial charge in [0.25, 0.3) is 0 Å². The molecule has 4 rings (SSSR count). The number of hydrogen-bond donors (Lipinski definition) is 0. The lowest BCUT2D eigenvalue weighted by molar-refractivity contribution is -0.117. The van der Waals surface area contributed by atoms with Gasteiger partial charge in [-0.3, -0.25) is 9.48 Å². The Morgan fingerprint density at radius 1 is 1.27 bits per heavy atom. The lowest BCUT2D eigenvalue weighted by atomic mass is 9.92. The van der Waals surface area contributed by atoms with Crippen molar-refractivity contribution in [3.63, 3.8) is 0 Å². The second-order valence-electron chi connectivity index (χ2n) is 7.82. The van der Waals surface area contributed by atoms with Crippen LogP contribution in [0.3, 0.4) is 0 Å². The maximum atomic E-state index is 12.2. The van der Waals surface area contributed by atoms with E-state index in [1.807, 2.05) is 24.9 Å². The van der Waals surface area contributed by atoms with Crippen LogP contribution in [0.25, 0.3) is 11.1 Å². The minimum atomic E-state index is 0.0730. The standard InChI is InChI=1S/C21H27N3O2/c1-13(2)26-21-18(16-11-22-23(12-16)17-6-7-17)9-10-20-19(21)8-5-14(3)24(20)15(4)25/h9-14,17H,5-8H2,1-4H3/t14-/m0/s1. The van der Waals surface area contributed by atoms with Crippen molar-refractivity contribution in [2.24, 2.45) is 0 Å². The van der Waals surface area contributed by atoms with Crippen LogP contribution in [0.1, 0.15) is 58.6 Å². The van der Waals surface area contributed by atoms with Gasteiger partial charge in [-0.2, -0.15) is 5.10 Å². The Hall–Kier alpha value is -2.30. The molecule has 2 aromatic rings. The van der Waals surface area contributed by atoms with E-state index in [-0.39, 0.29) is 18.1 Å². The number of anilines is 1. The predicted octanol–water partition coefficient (Wildman–Crippen LogP) is 4.36. The van der Waals surface area contributed by atoms with E-state index in [0.29, 0.717) is 6.04 Å². The average Bonchev–Trinajstić information content (AvgIpc) is 3.32. The van der Waals surface area contributed by atoms with E-state index in [9.17, 15) is 4.79 Å². The fraction of sp³-hybridized carbons (Fsp3) is 0.524. The summed E-state index contributed by atoms with van der Waals surface area (Å²) < 4.78 is 8.34. The summed E-state index contributed by atoms with van der Waals surface area (Å²) in [5, 5.41) is 4.54. The molecular weight excluding hydrogens is 326 g/mol. The Labute approximate surface area is 154 Å². The number of rotatable bonds is 4. The van der Waals surface area contributed by atoms with Crippen molar-refractivity contribution in [2.45, 2.75) is 71.6 Å². The summed E-state index contributed by atoms with van der Waals surface area (Å²) in [6.45, 7) is 7.85. The first-order chi connectivity index (χ1) is 12.5. The van der Waals surface area contributed by atoms with Crippen molar-refractivity contribution in [3.05, 3.63) is 30.1 Å². The monoisotopic (exact) mass is 353 g/mol. The Balaban J connectivity index is 1.83. The van der Waals surface area contributed by atoms with Crippen LogP contribution in [0, 0.1) is 0 Å². The van der Waals surface area contributed by atoms with Gasteiger partial charge in [-0.1, -0.05) is 0 Å². The third-order valence-electron chi connectivity index (χ3n) is 5.27. The maximum absolute atomic E-state index is 12.2. The van der Waals surface area contributed by atoms with Gasteiger partial charge in [0.05, 0.1) is 24.0 Å². The predicted molar refractivity (Wildman–Crippen MR) is 103 cm³/mol. The van der Waals surface area contributed by atoms with Gasteiger partial charge in [-0.05, 0) is 58.6 Å². The molecule has 2 aliphatic rings. The number of aromatic nitrogens is 2. The van der Waals surface area contributed by atoms with Gasteiger partial charge in [0.1, 0.15) is 5.75 Å². The zero-order chi connectivity index (χ0) is 18.4. The maximum Gasteiger partial charge on any atom is 0.224 e. The molecule has 0 bridgehead atoms. The molecule has 1 saturated carbocycles. The van der Waals surface area contributed by atoms with Gasteiger partial charge >= 0.3 is 0 Å². The topological polar surface area (TPSA) is 47.4 Å². The Morgan fingerprint density at radius 3 is 2.69 bits per heavy atom. The highest BCUT2D eigenvalue weighted by Gasteiger charge is 2.31. The molecule has 1 aromatic heterocycles. The van der Waals surface area contributed by atoms with Gasteiger partial charge in [0.2, 0.25) is 5.91 Å². The molecule has 0 saturated heterocycles. The summed E-state index contributed by atoms with van der Waals surface area (Å²) in [5.41, 5.74) is 4.29. The van der Waals surface area contributed by atoms with E-state index in [0.717, 1.165) is 41.0 Å². The summed E-state index contributed by atoms with van der Waals surface area (Å²) in [6.07, 6.45) is 8.43. The number of fused-ring (bicyclic) bond motifs is 1. The molecule has 5 nitrogen and oxygen atoms in total. The number of benzene rings is 1. The third-order valence-corrected chi connectivity index (χ3v) is 5.27. The molecule has 0 radical (unpaired) electrons. The molecule has 5 heteroatoms. The zero-order valence-electron chi connectivity index (χ0n) is 16.0. The average molecular weight is 353 g/mol. The van der Waals surface area contributed by atoms with Crippen molar-refractivity contribution < 1.29 is 9.53 Å². The molecule has 1 aliphatic heterocycles. The number of carbonyl (C=O) groups is 1. The van der Waals surface area contributed by atoms with Crippen LogP contribution in [0.2, 0.25) is 0 Å². The van der Waals surface area contributed by atoms with Crippen LogP contribution in [0.15, 0.2) is 24.5 Å². The van der Waals surface area contributed by atoms with Crippen LogP contribution >= 0.6 is 0 Å². The SMILES string of the molecule is CC(=O)N1c2ccc(-c3cnn(C4CC4)c3)c(OC(C)C)c2CC[C@@H]1C. The van der Waals surface area contributed by atoms with Crippen molar-refractivity contribution in [1.82, 2.24) is 9.78 Å². The summed E-state index contributed by atoms with van der Waals surface area (Å²) in [4.78, 5) is 14.1. The second-order valence-corrected chi connectivity index (χ2v) is 7.82. The van der Waals surface area contributed by atoms with Crippen LogP contribution in [-0.4, -0.2) is 27.8 Å². The first-order valence-corrected chi connectivity index (χ1v) is 9.62. The molecule has 0 unspecified atom stereocenters. The summed E-state index contributed by atoms with van der Waals surface area (Å²) in [5.74, 6) is 0.995. The smallest absolute Gasteiger partial charge is 0.224 e. The van der Waals surface area contributed by atoms with Crippen LogP contribution in [0.4, 0.5) is 5.69 Å². The molecule has 138 valence electrons. The largest absolute Gasteiger partial charge is 0.490 e. The summed E-state index contributed by atoms with van der Waals surface area (Å²) in [7, 11) is 0. The summed E-state index contributed by atoms with van der Waals surface area (Å²) in [6, 6.07) is 4.93. The van der Waals surface area contributed by atoms with Crippen LogP contribution in [-0.2, 0) is 11.2 Å². The van der Waals surface area contributed by atoms with E-state index in [4.69, 9.17) is 4.74 Å². The molecule has 0 spiro atoms. The number of amides is 1. The van der Waals surface area contributed by atoms with Crippen molar-refractivity contribution >= 4 is 11.6 Å². The first kappa shape index (κ1) is 17.1. The number of carbonyl (C=O) groups excluding carboxylic acids is 1. The summed E-state index contributed by atoms with van der Waals surface area (Å²) >= 11 is 0. The third kappa shape index (κ3) is 3.00. The number of nitrogens with zero attached hydrogens (tertiary/aromatic N) is 3. The molecule has 1 amide bonds. The molecule has 1 fully saturated rings. The quantitative estimate of drug-likeness (QED) is 0.820. The van der Waals surface area contributed by atoms with E-state index in [1.165, 1.54) is 12.8 Å². The number of hydrogen-bond acceptors (Lipinski definition) is 3. The van der Waals surface area contributed by atoms with Gasteiger partial charge < -0.3 is 9.64 Å². The van der Waals surface area contributed by atoms with Gasteiger partial charge in [-0.15, -0.1) is 0 Å². The minimum absolute atomic E-state index is 0.0730. The highest BCUT2D eigenvalue weighted by Crippen LogP contribution is 2.44. The molecule has 0 N–H and O–H groups in total.